The first kappa shape index (κ1) is 27.1. The van der Waals surface area contributed by atoms with Gasteiger partial charge in [-0.2, -0.15) is 10.5 Å². The summed E-state index contributed by atoms with van der Waals surface area (Å²) in [5, 5.41) is 27.4. The largest absolute Gasteiger partial charge is 0.454 e. The zero-order chi connectivity index (χ0) is 32.6. The summed E-state index contributed by atoms with van der Waals surface area (Å²) in [6.45, 7) is 0. The van der Waals surface area contributed by atoms with Gasteiger partial charge in [0, 0.05) is 54.8 Å². The third-order valence-electron chi connectivity index (χ3n) is 9.81. The molecule has 3 heterocycles. The van der Waals surface area contributed by atoms with Gasteiger partial charge in [-0.05, 0) is 66.7 Å². The number of rotatable bonds is 3. The lowest BCUT2D eigenvalue weighted by Crippen LogP contribution is -1.99. The second kappa shape index (κ2) is 10.2. The molecule has 0 aliphatic heterocycles. The highest BCUT2D eigenvalue weighted by Gasteiger charge is 2.21. The number of aromatic nitrogens is 2. The van der Waals surface area contributed by atoms with Crippen molar-refractivity contribution in [2.75, 3.05) is 0 Å². The average molecular weight is 625 g/mol. The van der Waals surface area contributed by atoms with E-state index in [2.05, 4.69) is 94.1 Å². The Bertz CT molecular complexity index is 3030. The third-order valence-corrected chi connectivity index (χ3v) is 9.81. The summed E-state index contributed by atoms with van der Waals surface area (Å²) < 4.78 is 11.0. The Labute approximate surface area is 280 Å². The molecule has 10 aromatic rings. The van der Waals surface area contributed by atoms with Crippen LogP contribution in [0, 0.1) is 22.7 Å². The molecular formula is C44H24N4O. The SMILES string of the molecule is N#Cc1ccc(-n2c3ccccc3c3ccccc32)cc1-c1cc(-n2c3ccccc3c3ccc4c5ccccc5oc4c32)ccc1C#N. The van der Waals surface area contributed by atoms with Gasteiger partial charge in [0.05, 0.1) is 45.3 Å². The predicted octanol–water partition coefficient (Wildman–Crippen LogP) is 11.2. The summed E-state index contributed by atoms with van der Waals surface area (Å²) in [6.07, 6.45) is 0. The normalized spacial score (nSPS) is 11.6. The topological polar surface area (TPSA) is 70.6 Å². The molecule has 0 saturated carbocycles. The Hall–Kier alpha value is -7.08. The molecule has 0 atom stereocenters. The van der Waals surface area contributed by atoms with Crippen molar-refractivity contribution in [3.63, 3.8) is 0 Å². The van der Waals surface area contributed by atoms with Crippen molar-refractivity contribution < 1.29 is 4.42 Å². The first-order chi connectivity index (χ1) is 24.2. The summed E-state index contributed by atoms with van der Waals surface area (Å²) in [7, 11) is 0. The second-order valence-electron chi connectivity index (χ2n) is 12.3. The molecule has 3 aromatic heterocycles. The fourth-order valence-corrected chi connectivity index (χ4v) is 7.68. The van der Waals surface area contributed by atoms with Crippen molar-refractivity contribution in [3.05, 3.63) is 157 Å². The summed E-state index contributed by atoms with van der Waals surface area (Å²) in [4.78, 5) is 0. The van der Waals surface area contributed by atoms with E-state index in [1.54, 1.807) is 0 Å². The zero-order valence-electron chi connectivity index (χ0n) is 26.1. The lowest BCUT2D eigenvalue weighted by atomic mass is 9.95. The van der Waals surface area contributed by atoms with Crippen molar-refractivity contribution in [1.82, 2.24) is 9.13 Å². The van der Waals surface area contributed by atoms with E-state index >= 15 is 0 Å². The van der Waals surface area contributed by atoms with E-state index in [-0.39, 0.29) is 0 Å². The van der Waals surface area contributed by atoms with Gasteiger partial charge in [-0.15, -0.1) is 0 Å². The highest BCUT2D eigenvalue weighted by Crippen LogP contribution is 2.41. The Morgan fingerprint density at radius 3 is 1.49 bits per heavy atom. The van der Waals surface area contributed by atoms with Crippen molar-refractivity contribution in [2.24, 2.45) is 0 Å². The second-order valence-corrected chi connectivity index (χ2v) is 12.3. The van der Waals surface area contributed by atoms with Crippen LogP contribution in [-0.2, 0) is 0 Å². The Morgan fingerprint density at radius 1 is 0.429 bits per heavy atom. The molecule has 0 aliphatic rings. The first-order valence-electron chi connectivity index (χ1n) is 16.1. The van der Waals surface area contributed by atoms with Gasteiger partial charge in [0.25, 0.3) is 0 Å². The fraction of sp³-hybridized carbons (Fsp3) is 0. The van der Waals surface area contributed by atoms with Gasteiger partial charge in [0.1, 0.15) is 5.58 Å². The number of hydrogen-bond donors (Lipinski definition) is 0. The van der Waals surface area contributed by atoms with Crippen LogP contribution in [0.15, 0.2) is 150 Å². The molecule has 0 radical (unpaired) electrons. The highest BCUT2D eigenvalue weighted by molar-refractivity contribution is 6.21. The van der Waals surface area contributed by atoms with Crippen LogP contribution in [0.5, 0.6) is 0 Å². The van der Waals surface area contributed by atoms with E-state index < -0.39 is 0 Å². The van der Waals surface area contributed by atoms with Crippen LogP contribution < -0.4 is 0 Å². The minimum atomic E-state index is 0.495. The van der Waals surface area contributed by atoms with E-state index in [1.165, 1.54) is 0 Å². The van der Waals surface area contributed by atoms with Crippen molar-refractivity contribution in [2.45, 2.75) is 0 Å². The summed E-state index contributed by atoms with van der Waals surface area (Å²) in [5.74, 6) is 0. The van der Waals surface area contributed by atoms with Gasteiger partial charge in [-0.25, -0.2) is 0 Å². The van der Waals surface area contributed by atoms with E-state index in [1.807, 2.05) is 72.8 Å². The van der Waals surface area contributed by atoms with Gasteiger partial charge in [0.15, 0.2) is 5.58 Å². The average Bonchev–Trinajstić information content (AvgIpc) is 3.82. The molecule has 0 amide bonds. The highest BCUT2D eigenvalue weighted by atomic mass is 16.3. The van der Waals surface area contributed by atoms with Crippen LogP contribution >= 0.6 is 0 Å². The third kappa shape index (κ3) is 3.79. The zero-order valence-corrected chi connectivity index (χ0v) is 26.1. The fourth-order valence-electron chi connectivity index (χ4n) is 7.68. The molecule has 5 nitrogen and oxygen atoms in total. The standard InChI is InChI=1S/C44H24N4O/c45-25-27-17-19-29(47-39-13-5-1-9-31(39)32-10-2-6-14-40(32)47)23-37(27)38-24-30(20-18-28(38)26-46)48-41-15-7-3-11-33(41)35-21-22-36-34-12-4-8-16-42(34)49-44(36)43(35)48/h1-24H. The van der Waals surface area contributed by atoms with Gasteiger partial charge in [0.2, 0.25) is 0 Å². The number of nitriles is 2. The molecule has 10 rings (SSSR count). The maximum absolute atomic E-state index is 10.4. The van der Waals surface area contributed by atoms with Crippen LogP contribution in [-0.4, -0.2) is 9.13 Å². The van der Waals surface area contributed by atoms with Gasteiger partial charge >= 0.3 is 0 Å². The molecule has 0 saturated heterocycles. The van der Waals surface area contributed by atoms with E-state index in [0.717, 1.165) is 76.9 Å². The molecule has 226 valence electrons. The van der Waals surface area contributed by atoms with Crippen molar-refractivity contribution >= 4 is 65.6 Å². The lowest BCUT2D eigenvalue weighted by molar-refractivity contribution is 0.671. The molecule has 0 aliphatic carbocycles. The molecule has 0 N–H and O–H groups in total. The molecule has 5 heteroatoms. The van der Waals surface area contributed by atoms with Crippen LogP contribution in [0.1, 0.15) is 11.1 Å². The molecule has 49 heavy (non-hydrogen) atoms. The molecule has 0 bridgehead atoms. The minimum Gasteiger partial charge on any atom is -0.454 e. The van der Waals surface area contributed by atoms with Crippen LogP contribution in [0.2, 0.25) is 0 Å². The Balaban J connectivity index is 1.26. The summed E-state index contributed by atoms with van der Waals surface area (Å²) in [5.41, 5.74) is 9.98. The minimum absolute atomic E-state index is 0.495. The number of hydrogen-bond acceptors (Lipinski definition) is 3. The molecule has 0 unspecified atom stereocenters. The summed E-state index contributed by atoms with van der Waals surface area (Å²) in [6, 6.07) is 54.1. The smallest absolute Gasteiger partial charge is 0.160 e. The lowest BCUT2D eigenvalue weighted by Gasteiger charge is -2.15. The van der Waals surface area contributed by atoms with Crippen molar-refractivity contribution in [1.29, 1.82) is 10.5 Å². The van der Waals surface area contributed by atoms with Crippen molar-refractivity contribution in [3.8, 4) is 34.6 Å². The van der Waals surface area contributed by atoms with Crippen LogP contribution in [0.25, 0.3) is 88.1 Å². The Morgan fingerprint density at radius 2 is 0.898 bits per heavy atom. The molecule has 0 fully saturated rings. The first-order valence-corrected chi connectivity index (χ1v) is 16.1. The maximum atomic E-state index is 10.4. The number of para-hydroxylation sites is 4. The Kier molecular flexibility index (Phi) is 5.64. The van der Waals surface area contributed by atoms with Gasteiger partial charge in [-0.3, -0.25) is 0 Å². The maximum Gasteiger partial charge on any atom is 0.160 e. The quantitative estimate of drug-likeness (QED) is 0.196. The molecule has 0 spiro atoms. The van der Waals surface area contributed by atoms with Crippen LogP contribution in [0.4, 0.5) is 0 Å². The van der Waals surface area contributed by atoms with E-state index in [9.17, 15) is 10.5 Å². The van der Waals surface area contributed by atoms with Gasteiger partial charge < -0.3 is 13.6 Å². The molecule has 7 aromatic carbocycles. The number of benzene rings is 7. The van der Waals surface area contributed by atoms with Crippen LogP contribution in [0.3, 0.4) is 0 Å². The summed E-state index contributed by atoms with van der Waals surface area (Å²) >= 11 is 0. The number of nitrogens with zero attached hydrogens (tertiary/aromatic N) is 4. The number of fused-ring (bicyclic) bond motifs is 10. The van der Waals surface area contributed by atoms with E-state index in [4.69, 9.17) is 4.42 Å². The molecular weight excluding hydrogens is 601 g/mol. The number of furan rings is 1. The predicted molar refractivity (Wildman–Crippen MR) is 197 cm³/mol. The van der Waals surface area contributed by atoms with Gasteiger partial charge in [-0.1, -0.05) is 78.9 Å². The monoisotopic (exact) mass is 624 g/mol. The van der Waals surface area contributed by atoms with E-state index in [0.29, 0.717) is 22.3 Å².